The number of hydrogen-bond donors (Lipinski definition) is 1. The second-order valence-corrected chi connectivity index (χ2v) is 6.24. The maximum atomic E-state index is 14.3. The molecule has 1 heterocycles. The van der Waals surface area contributed by atoms with Gasteiger partial charge in [-0.1, -0.05) is 13.0 Å². The lowest BCUT2D eigenvalue weighted by Crippen LogP contribution is -2.50. The minimum atomic E-state index is -1.16. The number of rotatable bonds is 5. The van der Waals surface area contributed by atoms with Crippen molar-refractivity contribution in [2.75, 3.05) is 26.8 Å². The van der Waals surface area contributed by atoms with Crippen molar-refractivity contribution in [1.29, 1.82) is 0 Å². The lowest BCUT2D eigenvalue weighted by Gasteiger charge is -2.39. The first-order valence-electron chi connectivity index (χ1n) is 7.79. The number of hydrogen-bond acceptors (Lipinski definition) is 3. The lowest BCUT2D eigenvalue weighted by molar-refractivity contribution is -0.145. The second-order valence-electron chi connectivity index (χ2n) is 6.24. The molecule has 1 aromatic carbocycles. The predicted octanol–water partition coefficient (Wildman–Crippen LogP) is 2.19. The normalized spacial score (nSPS) is 18.0. The van der Waals surface area contributed by atoms with Crippen LogP contribution in [0.5, 0.6) is 0 Å². The Labute approximate surface area is 139 Å². The predicted molar refractivity (Wildman–Crippen MR) is 82.5 cm³/mol. The SMILES string of the molecule is C[C@H](CN(C)C(=O)C1(c2ccc(F)cc2F)CCOCC1)C(=O)O. The second kappa shape index (κ2) is 7.25. The van der Waals surface area contributed by atoms with Crippen LogP contribution in [0.15, 0.2) is 18.2 Å². The molecule has 2 rings (SSSR count). The van der Waals surface area contributed by atoms with E-state index in [1.165, 1.54) is 24.9 Å². The van der Waals surface area contributed by atoms with E-state index < -0.39 is 28.9 Å². The number of carbonyl (C=O) groups excluding carboxylic acids is 1. The van der Waals surface area contributed by atoms with E-state index in [2.05, 4.69) is 0 Å². The third-order valence-corrected chi connectivity index (χ3v) is 4.52. The van der Waals surface area contributed by atoms with E-state index in [0.29, 0.717) is 0 Å². The fourth-order valence-electron chi connectivity index (χ4n) is 3.13. The fraction of sp³-hybridized carbons (Fsp3) is 0.529. The molecular weight excluding hydrogens is 320 g/mol. The van der Waals surface area contributed by atoms with Crippen LogP contribution in [0.25, 0.3) is 0 Å². The molecule has 1 saturated heterocycles. The Morgan fingerprint density at radius 1 is 1.33 bits per heavy atom. The van der Waals surface area contributed by atoms with Crippen LogP contribution < -0.4 is 0 Å². The molecule has 0 saturated carbocycles. The molecule has 0 aliphatic carbocycles. The van der Waals surface area contributed by atoms with E-state index >= 15 is 0 Å². The summed E-state index contributed by atoms with van der Waals surface area (Å²) in [7, 11) is 1.50. The van der Waals surface area contributed by atoms with Crippen molar-refractivity contribution < 1.29 is 28.2 Å². The number of amides is 1. The topological polar surface area (TPSA) is 66.8 Å². The molecule has 24 heavy (non-hydrogen) atoms. The largest absolute Gasteiger partial charge is 0.481 e. The average molecular weight is 341 g/mol. The van der Waals surface area contributed by atoms with Gasteiger partial charge in [0.2, 0.25) is 5.91 Å². The van der Waals surface area contributed by atoms with Gasteiger partial charge in [0.1, 0.15) is 11.6 Å². The first-order chi connectivity index (χ1) is 11.3. The molecule has 1 amide bonds. The van der Waals surface area contributed by atoms with Gasteiger partial charge < -0.3 is 14.7 Å². The van der Waals surface area contributed by atoms with Crippen LogP contribution >= 0.6 is 0 Å². The lowest BCUT2D eigenvalue weighted by atomic mass is 9.72. The molecule has 7 heteroatoms. The Morgan fingerprint density at radius 3 is 2.50 bits per heavy atom. The van der Waals surface area contributed by atoms with Crippen LogP contribution in [0.4, 0.5) is 8.78 Å². The van der Waals surface area contributed by atoms with Gasteiger partial charge in [-0.3, -0.25) is 9.59 Å². The smallest absolute Gasteiger partial charge is 0.308 e. The van der Waals surface area contributed by atoms with Crippen molar-refractivity contribution in [2.45, 2.75) is 25.2 Å². The summed E-state index contributed by atoms with van der Waals surface area (Å²) in [5, 5.41) is 9.02. The van der Waals surface area contributed by atoms with Crippen molar-refractivity contribution in [1.82, 2.24) is 4.90 Å². The Hall–Kier alpha value is -2.02. The molecule has 0 aromatic heterocycles. The summed E-state index contributed by atoms with van der Waals surface area (Å²) in [5.74, 6) is -3.61. The minimum absolute atomic E-state index is 0.0135. The first kappa shape index (κ1) is 18.3. The standard InChI is InChI=1S/C17H21F2NO4/c1-11(15(21)22)10-20(2)16(23)17(5-7-24-8-6-17)13-4-3-12(18)9-14(13)19/h3-4,9,11H,5-8,10H2,1-2H3,(H,21,22)/t11-/m1/s1. The van der Waals surface area contributed by atoms with Crippen LogP contribution in [0, 0.1) is 17.6 Å². The van der Waals surface area contributed by atoms with Gasteiger partial charge in [-0.05, 0) is 18.9 Å². The first-order valence-corrected chi connectivity index (χ1v) is 7.79. The Balaban J connectivity index is 2.37. The molecule has 1 aliphatic heterocycles. The number of carboxylic acid groups (broad SMARTS) is 1. The highest BCUT2D eigenvalue weighted by atomic mass is 19.1. The van der Waals surface area contributed by atoms with E-state index in [1.807, 2.05) is 0 Å². The summed E-state index contributed by atoms with van der Waals surface area (Å²) >= 11 is 0. The minimum Gasteiger partial charge on any atom is -0.481 e. The molecule has 1 N–H and O–H groups in total. The zero-order chi connectivity index (χ0) is 17.9. The molecule has 132 valence electrons. The number of carboxylic acids is 1. The third kappa shape index (κ3) is 3.56. The van der Waals surface area contributed by atoms with Gasteiger partial charge in [0.15, 0.2) is 0 Å². The van der Waals surface area contributed by atoms with Crippen molar-refractivity contribution >= 4 is 11.9 Å². The molecule has 1 fully saturated rings. The maximum absolute atomic E-state index is 14.3. The number of halogens is 2. The number of aliphatic carboxylic acids is 1. The number of likely N-dealkylation sites (N-methyl/N-ethyl adjacent to an activating group) is 1. The molecule has 1 aliphatic rings. The quantitative estimate of drug-likeness (QED) is 0.892. The zero-order valence-corrected chi connectivity index (χ0v) is 13.7. The molecule has 0 unspecified atom stereocenters. The van der Waals surface area contributed by atoms with Crippen molar-refractivity contribution in [2.24, 2.45) is 5.92 Å². The number of benzene rings is 1. The summed E-state index contributed by atoms with van der Waals surface area (Å²) in [6, 6.07) is 3.19. The summed E-state index contributed by atoms with van der Waals surface area (Å²) in [6.07, 6.45) is 0.528. The average Bonchev–Trinajstić information content (AvgIpc) is 2.54. The van der Waals surface area contributed by atoms with E-state index in [-0.39, 0.29) is 44.1 Å². The molecule has 0 radical (unpaired) electrons. The van der Waals surface area contributed by atoms with Gasteiger partial charge in [0, 0.05) is 38.4 Å². The third-order valence-electron chi connectivity index (χ3n) is 4.52. The maximum Gasteiger partial charge on any atom is 0.308 e. The Kier molecular flexibility index (Phi) is 5.54. The van der Waals surface area contributed by atoms with Gasteiger partial charge in [-0.25, -0.2) is 8.78 Å². The molecule has 0 bridgehead atoms. The highest BCUT2D eigenvalue weighted by molar-refractivity contribution is 5.88. The van der Waals surface area contributed by atoms with E-state index in [1.54, 1.807) is 0 Å². The molecule has 0 spiro atoms. The van der Waals surface area contributed by atoms with Gasteiger partial charge in [-0.15, -0.1) is 0 Å². The van der Waals surface area contributed by atoms with Crippen molar-refractivity contribution in [3.63, 3.8) is 0 Å². The summed E-state index contributed by atoms with van der Waals surface area (Å²) in [4.78, 5) is 25.4. The van der Waals surface area contributed by atoms with Gasteiger partial charge in [0.25, 0.3) is 0 Å². The van der Waals surface area contributed by atoms with Gasteiger partial charge in [-0.2, -0.15) is 0 Å². The summed E-state index contributed by atoms with van der Waals surface area (Å²) < 4.78 is 32.9. The van der Waals surface area contributed by atoms with Crippen LogP contribution in [0.3, 0.4) is 0 Å². The summed E-state index contributed by atoms with van der Waals surface area (Å²) in [5.41, 5.74) is -1.03. The monoisotopic (exact) mass is 341 g/mol. The Morgan fingerprint density at radius 2 is 1.96 bits per heavy atom. The number of ether oxygens (including phenoxy) is 1. The van der Waals surface area contributed by atoms with E-state index in [4.69, 9.17) is 9.84 Å². The highest BCUT2D eigenvalue weighted by Gasteiger charge is 2.45. The molecular formula is C17H21F2NO4. The van der Waals surface area contributed by atoms with E-state index in [9.17, 15) is 18.4 Å². The Bertz CT molecular complexity index is 629. The summed E-state index contributed by atoms with van der Waals surface area (Å²) in [6.45, 7) is 2.08. The van der Waals surface area contributed by atoms with Gasteiger partial charge in [0.05, 0.1) is 11.3 Å². The highest BCUT2D eigenvalue weighted by Crippen LogP contribution is 2.38. The van der Waals surface area contributed by atoms with Crippen molar-refractivity contribution in [3.05, 3.63) is 35.4 Å². The fourth-order valence-corrected chi connectivity index (χ4v) is 3.13. The van der Waals surface area contributed by atoms with E-state index in [0.717, 1.165) is 12.1 Å². The molecule has 5 nitrogen and oxygen atoms in total. The van der Waals surface area contributed by atoms with Crippen LogP contribution in [-0.2, 0) is 19.7 Å². The molecule has 1 atom stereocenters. The van der Waals surface area contributed by atoms with Gasteiger partial charge >= 0.3 is 5.97 Å². The zero-order valence-electron chi connectivity index (χ0n) is 13.7. The number of nitrogens with zero attached hydrogens (tertiary/aromatic N) is 1. The van der Waals surface area contributed by atoms with Crippen LogP contribution in [0.2, 0.25) is 0 Å². The van der Waals surface area contributed by atoms with Crippen LogP contribution in [0.1, 0.15) is 25.3 Å². The molecule has 1 aromatic rings. The number of carbonyl (C=O) groups is 2. The van der Waals surface area contributed by atoms with Crippen molar-refractivity contribution in [3.8, 4) is 0 Å². The van der Waals surface area contributed by atoms with Crippen LogP contribution in [-0.4, -0.2) is 48.7 Å².